The minimum Gasteiger partial charge on any atom is -0.252 e. The lowest BCUT2D eigenvalue weighted by molar-refractivity contribution is 0.724. The van der Waals surface area contributed by atoms with Crippen molar-refractivity contribution in [3.8, 4) is 0 Å². The highest BCUT2D eigenvalue weighted by atomic mass is 14.8. The first kappa shape index (κ1) is 17.4. The topological polar surface area (TPSA) is 25.8 Å². The Labute approximate surface area is 172 Å². The zero-order chi connectivity index (χ0) is 19.4. The average molecular weight is 381 g/mol. The Bertz CT molecular complexity index is 1230. The molecule has 2 saturated carbocycles. The summed E-state index contributed by atoms with van der Waals surface area (Å²) in [5.41, 5.74) is 6.12. The highest BCUT2D eigenvalue weighted by molar-refractivity contribution is 6.23. The minimum atomic E-state index is 0.715. The quantitative estimate of drug-likeness (QED) is 0.335. The Balaban J connectivity index is 1.65. The van der Waals surface area contributed by atoms with E-state index in [-0.39, 0.29) is 0 Å². The van der Waals surface area contributed by atoms with Gasteiger partial charge >= 0.3 is 0 Å². The van der Waals surface area contributed by atoms with Crippen LogP contribution in [0, 0.1) is 6.92 Å². The van der Waals surface area contributed by atoms with Gasteiger partial charge in [0, 0.05) is 17.0 Å². The molecule has 29 heavy (non-hydrogen) atoms. The number of aryl methyl sites for hydroxylation is 1. The SMILES string of the molecule is Cc1cnc2c3cc(C4CCCC4)ccc3c3ccc(C4CCCC4)cc3c2n1. The molecule has 0 radical (unpaired) electrons. The van der Waals surface area contributed by atoms with Gasteiger partial charge in [0.2, 0.25) is 0 Å². The molecule has 2 fully saturated rings. The maximum absolute atomic E-state index is 4.99. The highest BCUT2D eigenvalue weighted by Gasteiger charge is 2.21. The predicted molar refractivity (Wildman–Crippen MR) is 122 cm³/mol. The molecule has 2 heteroatoms. The van der Waals surface area contributed by atoms with Gasteiger partial charge in [-0.15, -0.1) is 0 Å². The van der Waals surface area contributed by atoms with Crippen LogP contribution < -0.4 is 0 Å². The fourth-order valence-corrected chi connectivity index (χ4v) is 5.87. The van der Waals surface area contributed by atoms with E-state index in [1.54, 1.807) is 0 Å². The van der Waals surface area contributed by atoms with E-state index in [2.05, 4.69) is 43.3 Å². The van der Waals surface area contributed by atoms with Gasteiger partial charge in [-0.3, -0.25) is 4.98 Å². The second-order valence-electron chi connectivity index (χ2n) is 9.28. The van der Waals surface area contributed by atoms with Gasteiger partial charge in [-0.1, -0.05) is 49.9 Å². The number of benzene rings is 3. The van der Waals surface area contributed by atoms with Crippen LogP contribution in [0.2, 0.25) is 0 Å². The molecular formula is C27H28N2. The molecule has 0 N–H and O–H groups in total. The number of aromatic nitrogens is 2. The fraction of sp³-hybridized carbons (Fsp3) is 0.407. The Kier molecular flexibility index (Phi) is 4.07. The van der Waals surface area contributed by atoms with Crippen molar-refractivity contribution in [2.75, 3.05) is 0 Å². The first-order valence-electron chi connectivity index (χ1n) is 11.4. The molecule has 2 aliphatic rings. The second kappa shape index (κ2) is 6.79. The van der Waals surface area contributed by atoms with Gasteiger partial charge in [-0.05, 0) is 78.5 Å². The molecule has 0 amide bonds. The van der Waals surface area contributed by atoms with E-state index < -0.39 is 0 Å². The van der Waals surface area contributed by atoms with Crippen molar-refractivity contribution in [2.24, 2.45) is 0 Å². The molecule has 2 aliphatic carbocycles. The van der Waals surface area contributed by atoms with Gasteiger partial charge in [0.05, 0.1) is 16.7 Å². The van der Waals surface area contributed by atoms with E-state index in [9.17, 15) is 0 Å². The second-order valence-corrected chi connectivity index (χ2v) is 9.28. The molecule has 0 aliphatic heterocycles. The van der Waals surface area contributed by atoms with E-state index in [0.717, 1.165) is 16.7 Å². The van der Waals surface area contributed by atoms with E-state index in [0.29, 0.717) is 11.8 Å². The normalized spacial score (nSPS) is 18.5. The van der Waals surface area contributed by atoms with Crippen LogP contribution in [0.15, 0.2) is 42.6 Å². The molecule has 0 bridgehead atoms. The number of fused-ring (bicyclic) bond motifs is 6. The van der Waals surface area contributed by atoms with Gasteiger partial charge in [0.15, 0.2) is 0 Å². The summed E-state index contributed by atoms with van der Waals surface area (Å²) in [6.07, 6.45) is 12.7. The summed E-state index contributed by atoms with van der Waals surface area (Å²) in [6, 6.07) is 14.3. The lowest BCUT2D eigenvalue weighted by Gasteiger charge is -2.16. The molecule has 3 aromatic carbocycles. The first-order valence-corrected chi connectivity index (χ1v) is 11.4. The van der Waals surface area contributed by atoms with Crippen molar-refractivity contribution >= 4 is 32.6 Å². The third kappa shape index (κ3) is 2.84. The maximum Gasteiger partial charge on any atom is 0.0974 e. The van der Waals surface area contributed by atoms with Gasteiger partial charge in [0.25, 0.3) is 0 Å². The van der Waals surface area contributed by atoms with Crippen molar-refractivity contribution in [3.63, 3.8) is 0 Å². The third-order valence-corrected chi connectivity index (χ3v) is 7.43. The van der Waals surface area contributed by atoms with E-state index in [1.165, 1.54) is 84.0 Å². The number of nitrogens with zero attached hydrogens (tertiary/aromatic N) is 2. The summed E-state index contributed by atoms with van der Waals surface area (Å²) >= 11 is 0. The van der Waals surface area contributed by atoms with Crippen molar-refractivity contribution in [3.05, 3.63) is 59.4 Å². The molecule has 2 nitrogen and oxygen atoms in total. The number of rotatable bonds is 2. The van der Waals surface area contributed by atoms with Gasteiger partial charge in [-0.2, -0.15) is 0 Å². The van der Waals surface area contributed by atoms with E-state index in [4.69, 9.17) is 9.97 Å². The van der Waals surface area contributed by atoms with Crippen LogP contribution in [0.3, 0.4) is 0 Å². The Morgan fingerprint density at radius 3 is 1.72 bits per heavy atom. The average Bonchev–Trinajstić information content (AvgIpc) is 3.47. The van der Waals surface area contributed by atoms with Crippen LogP contribution in [0.4, 0.5) is 0 Å². The molecule has 1 heterocycles. The summed E-state index contributed by atoms with van der Waals surface area (Å²) in [6.45, 7) is 2.05. The summed E-state index contributed by atoms with van der Waals surface area (Å²) in [5, 5.41) is 5.21. The zero-order valence-electron chi connectivity index (χ0n) is 17.2. The molecule has 146 valence electrons. The van der Waals surface area contributed by atoms with Gasteiger partial charge in [0.1, 0.15) is 0 Å². The number of hydrogen-bond acceptors (Lipinski definition) is 2. The third-order valence-electron chi connectivity index (χ3n) is 7.43. The molecular weight excluding hydrogens is 352 g/mol. The Morgan fingerprint density at radius 2 is 1.17 bits per heavy atom. The van der Waals surface area contributed by atoms with Crippen LogP contribution in [-0.2, 0) is 0 Å². The molecule has 0 unspecified atom stereocenters. The Hall–Kier alpha value is -2.48. The standard InChI is InChI=1S/C27H28N2/c1-17-16-28-26-24-14-20(18-6-2-3-7-18)10-12-22(24)23-13-11-21(19-8-4-5-9-19)15-25(23)27(26)29-17/h10-16,18-19H,2-9H2,1H3. The van der Waals surface area contributed by atoms with Crippen LogP contribution in [-0.4, -0.2) is 9.97 Å². The minimum absolute atomic E-state index is 0.715. The molecule has 1 aromatic heterocycles. The van der Waals surface area contributed by atoms with Crippen molar-refractivity contribution in [2.45, 2.75) is 70.1 Å². The largest absolute Gasteiger partial charge is 0.252 e. The fourth-order valence-electron chi connectivity index (χ4n) is 5.87. The smallest absolute Gasteiger partial charge is 0.0974 e. The summed E-state index contributed by atoms with van der Waals surface area (Å²) in [4.78, 5) is 9.88. The molecule has 0 saturated heterocycles. The summed E-state index contributed by atoms with van der Waals surface area (Å²) in [5.74, 6) is 1.43. The summed E-state index contributed by atoms with van der Waals surface area (Å²) < 4.78 is 0. The molecule has 0 atom stereocenters. The van der Waals surface area contributed by atoms with Crippen LogP contribution in [0.1, 0.15) is 80.0 Å². The van der Waals surface area contributed by atoms with Crippen molar-refractivity contribution < 1.29 is 0 Å². The van der Waals surface area contributed by atoms with Crippen molar-refractivity contribution in [1.29, 1.82) is 0 Å². The summed E-state index contributed by atoms with van der Waals surface area (Å²) in [7, 11) is 0. The number of hydrogen-bond donors (Lipinski definition) is 0. The molecule has 6 rings (SSSR count). The van der Waals surface area contributed by atoms with Crippen LogP contribution in [0.5, 0.6) is 0 Å². The van der Waals surface area contributed by atoms with Crippen LogP contribution in [0.25, 0.3) is 32.6 Å². The lowest BCUT2D eigenvalue weighted by Crippen LogP contribution is -1.97. The molecule has 0 spiro atoms. The van der Waals surface area contributed by atoms with Gasteiger partial charge in [-0.25, -0.2) is 4.98 Å². The van der Waals surface area contributed by atoms with E-state index >= 15 is 0 Å². The van der Waals surface area contributed by atoms with Gasteiger partial charge < -0.3 is 0 Å². The maximum atomic E-state index is 4.99. The predicted octanol–water partition coefficient (Wildman–Crippen LogP) is 7.56. The molecule has 4 aromatic rings. The zero-order valence-corrected chi connectivity index (χ0v) is 17.2. The highest BCUT2D eigenvalue weighted by Crippen LogP contribution is 2.41. The van der Waals surface area contributed by atoms with Crippen LogP contribution >= 0.6 is 0 Å². The van der Waals surface area contributed by atoms with E-state index in [1.807, 2.05) is 6.20 Å². The monoisotopic (exact) mass is 380 g/mol. The van der Waals surface area contributed by atoms with Crippen molar-refractivity contribution in [1.82, 2.24) is 9.97 Å². The first-order chi connectivity index (χ1) is 14.3. The lowest BCUT2D eigenvalue weighted by atomic mass is 9.90. The Morgan fingerprint density at radius 1 is 0.655 bits per heavy atom.